The van der Waals surface area contributed by atoms with Gasteiger partial charge in [0, 0.05) is 0 Å². The van der Waals surface area contributed by atoms with Crippen LogP contribution in [0.15, 0.2) is 0 Å². The van der Waals surface area contributed by atoms with Crippen molar-refractivity contribution < 1.29 is 34.7 Å². The lowest BCUT2D eigenvalue weighted by molar-refractivity contribution is -0.312. The minimum Gasteiger partial charge on any atom is -0.461 e. The van der Waals surface area contributed by atoms with Crippen LogP contribution in [0.3, 0.4) is 0 Å². The van der Waals surface area contributed by atoms with Crippen molar-refractivity contribution in [2.45, 2.75) is 69.7 Å². The third-order valence-corrected chi connectivity index (χ3v) is 4.60. The Kier molecular flexibility index (Phi) is 8.55. The Morgan fingerprint density at radius 2 is 2.00 bits per heavy atom. The molecule has 0 saturated carbocycles. The maximum atomic E-state index is 12.4. The topological polar surface area (TPSA) is 128 Å². The molecule has 0 bridgehead atoms. The van der Waals surface area contributed by atoms with Gasteiger partial charge in [-0.3, -0.25) is 0 Å². The van der Waals surface area contributed by atoms with E-state index in [0.717, 1.165) is 25.7 Å². The number of unbranched alkanes of at least 4 members (excludes halogenated alkanes) is 1. The van der Waals surface area contributed by atoms with Crippen molar-refractivity contribution in [2.75, 3.05) is 20.3 Å². The molecule has 1 saturated heterocycles. The highest BCUT2D eigenvalue weighted by Gasteiger charge is 2.58. The molecule has 1 heterocycles. The Balaban J connectivity index is 2.80. The van der Waals surface area contributed by atoms with Crippen molar-refractivity contribution in [2.24, 2.45) is 5.92 Å². The smallest absolute Gasteiger partial charge is 0.368 e. The van der Waals surface area contributed by atoms with Crippen LogP contribution in [0.5, 0.6) is 0 Å². The molecule has 0 spiro atoms. The Morgan fingerprint density at radius 1 is 1.33 bits per heavy atom. The zero-order chi connectivity index (χ0) is 18.3. The molecule has 0 aromatic rings. The molecule has 8 heteroatoms. The number of rotatable bonds is 9. The molecule has 0 aromatic heterocycles. The van der Waals surface area contributed by atoms with Crippen LogP contribution in [0.4, 0.5) is 0 Å². The lowest BCUT2D eigenvalue weighted by Gasteiger charge is -2.45. The second-order valence-electron chi connectivity index (χ2n) is 6.30. The number of carbonyl (C=O) groups is 1. The summed E-state index contributed by atoms with van der Waals surface area (Å²) in [6.45, 7) is 3.56. The summed E-state index contributed by atoms with van der Waals surface area (Å²) in [6.07, 6.45) is -0.411. The summed E-state index contributed by atoms with van der Waals surface area (Å²) < 4.78 is 10.4. The van der Waals surface area contributed by atoms with E-state index in [9.17, 15) is 25.2 Å². The molecule has 2 unspecified atom stereocenters. The number of carbonyl (C=O) groups excluding carboxylic acids is 1. The van der Waals surface area contributed by atoms with Gasteiger partial charge in [0.25, 0.3) is 5.79 Å². The van der Waals surface area contributed by atoms with Gasteiger partial charge in [0.1, 0.15) is 24.4 Å². The zero-order valence-corrected chi connectivity index (χ0v) is 14.6. The quantitative estimate of drug-likeness (QED) is 0.340. The number of aliphatic hydroxyl groups is 4. The van der Waals surface area contributed by atoms with Crippen molar-refractivity contribution in [1.82, 2.24) is 5.32 Å². The lowest BCUT2D eigenvalue weighted by Crippen LogP contribution is -2.72. The Labute approximate surface area is 142 Å². The van der Waals surface area contributed by atoms with Gasteiger partial charge in [-0.25, -0.2) is 4.79 Å². The molecular weight excluding hydrogens is 318 g/mol. The number of ether oxygens (including phenoxy) is 2. The van der Waals surface area contributed by atoms with E-state index >= 15 is 0 Å². The van der Waals surface area contributed by atoms with Gasteiger partial charge in [-0.15, -0.1) is 0 Å². The number of hydrogen-bond acceptors (Lipinski definition) is 8. The van der Waals surface area contributed by atoms with Crippen LogP contribution in [0, 0.1) is 5.92 Å². The minimum atomic E-state index is -2.48. The Hall–Kier alpha value is -0.770. The van der Waals surface area contributed by atoms with Gasteiger partial charge in [-0.1, -0.05) is 33.1 Å². The molecule has 0 aromatic carbocycles. The fourth-order valence-electron chi connectivity index (χ4n) is 2.90. The molecule has 6 atom stereocenters. The summed E-state index contributed by atoms with van der Waals surface area (Å²) in [5.74, 6) is -3.34. The van der Waals surface area contributed by atoms with Gasteiger partial charge in [0.15, 0.2) is 0 Å². The Bertz CT molecular complexity index is 395. The molecule has 0 aliphatic carbocycles. The van der Waals surface area contributed by atoms with Crippen LogP contribution < -0.4 is 5.32 Å². The molecule has 0 radical (unpaired) electrons. The molecule has 1 aliphatic heterocycles. The van der Waals surface area contributed by atoms with E-state index in [1.807, 2.05) is 6.92 Å². The second-order valence-corrected chi connectivity index (χ2v) is 6.30. The van der Waals surface area contributed by atoms with Crippen LogP contribution in [-0.2, 0) is 14.3 Å². The number of esters is 1. The predicted octanol–water partition coefficient (Wildman–Crippen LogP) is -0.864. The van der Waals surface area contributed by atoms with Gasteiger partial charge in [0.2, 0.25) is 0 Å². The first-order valence-corrected chi connectivity index (χ1v) is 8.57. The first kappa shape index (κ1) is 21.3. The average molecular weight is 349 g/mol. The lowest BCUT2D eigenvalue weighted by atomic mass is 9.90. The average Bonchev–Trinajstić information content (AvgIpc) is 2.58. The van der Waals surface area contributed by atoms with Crippen LogP contribution in [0.2, 0.25) is 0 Å². The molecule has 24 heavy (non-hydrogen) atoms. The number of aliphatic hydroxyl groups excluding tert-OH is 3. The van der Waals surface area contributed by atoms with E-state index < -0.39 is 42.7 Å². The second kappa shape index (κ2) is 9.65. The monoisotopic (exact) mass is 349 g/mol. The third-order valence-electron chi connectivity index (χ3n) is 4.60. The van der Waals surface area contributed by atoms with Crippen LogP contribution in [0.25, 0.3) is 0 Å². The molecule has 5 N–H and O–H groups in total. The highest BCUT2D eigenvalue weighted by molar-refractivity contribution is 5.79. The molecule has 1 rings (SSSR count). The van der Waals surface area contributed by atoms with Crippen molar-refractivity contribution in [3.05, 3.63) is 0 Å². The standard InChI is InChI=1S/C16H31NO7/c1-4-6-7-10(5-2)9-23-15(21)16(22)14(17-3)13(20)12(19)11(8-18)24-16/h10-14,17-20,22H,4-9H2,1-3H3/t10?,11-,12-,13+,14-,16?/m1/s1. The number of hydrogen-bond donors (Lipinski definition) is 5. The van der Waals surface area contributed by atoms with Crippen LogP contribution in [-0.4, -0.2) is 76.8 Å². The van der Waals surface area contributed by atoms with E-state index in [0.29, 0.717) is 0 Å². The summed E-state index contributed by atoms with van der Waals surface area (Å²) in [5.41, 5.74) is 0. The van der Waals surface area contributed by atoms with Crippen LogP contribution in [0.1, 0.15) is 39.5 Å². The summed E-state index contributed by atoms with van der Waals surface area (Å²) in [4.78, 5) is 12.4. The van der Waals surface area contributed by atoms with E-state index in [1.54, 1.807) is 0 Å². The maximum absolute atomic E-state index is 12.4. The third kappa shape index (κ3) is 4.65. The van der Waals surface area contributed by atoms with Gasteiger partial charge in [0.05, 0.1) is 13.2 Å². The summed E-state index contributed by atoms with van der Waals surface area (Å²) in [5, 5.41) is 42.4. The minimum absolute atomic E-state index is 0.139. The largest absolute Gasteiger partial charge is 0.461 e. The van der Waals surface area contributed by atoms with E-state index in [-0.39, 0.29) is 12.5 Å². The van der Waals surface area contributed by atoms with E-state index in [4.69, 9.17) is 9.47 Å². The fourth-order valence-corrected chi connectivity index (χ4v) is 2.90. The molecule has 142 valence electrons. The van der Waals surface area contributed by atoms with Gasteiger partial charge in [-0.2, -0.15) is 0 Å². The highest BCUT2D eigenvalue weighted by Crippen LogP contribution is 2.29. The maximum Gasteiger partial charge on any atom is 0.368 e. The van der Waals surface area contributed by atoms with Gasteiger partial charge >= 0.3 is 5.97 Å². The van der Waals surface area contributed by atoms with Crippen molar-refractivity contribution in [1.29, 1.82) is 0 Å². The Morgan fingerprint density at radius 3 is 2.50 bits per heavy atom. The summed E-state index contributed by atoms with van der Waals surface area (Å²) in [6, 6.07) is -1.28. The molecular formula is C16H31NO7. The number of nitrogens with one attached hydrogen (secondary N) is 1. The normalized spacial score (nSPS) is 34.8. The van der Waals surface area contributed by atoms with Gasteiger partial charge < -0.3 is 35.2 Å². The van der Waals surface area contributed by atoms with Crippen LogP contribution >= 0.6 is 0 Å². The first-order chi connectivity index (χ1) is 11.3. The van der Waals surface area contributed by atoms with E-state index in [1.165, 1.54) is 7.05 Å². The highest BCUT2D eigenvalue weighted by atomic mass is 16.7. The van der Waals surface area contributed by atoms with E-state index in [2.05, 4.69) is 12.2 Å². The SMILES string of the molecule is CCCCC(CC)COC(=O)C1(O)O[C@H](CO)[C@@H](O)[C@H](O)[C@H]1NC. The number of likely N-dealkylation sites (N-methyl/N-ethyl adjacent to an activating group) is 1. The molecule has 0 amide bonds. The summed E-state index contributed by atoms with van der Waals surface area (Å²) >= 11 is 0. The predicted molar refractivity (Wildman–Crippen MR) is 86.0 cm³/mol. The molecule has 8 nitrogen and oxygen atoms in total. The van der Waals surface area contributed by atoms with Gasteiger partial charge in [-0.05, 0) is 19.4 Å². The molecule has 1 fully saturated rings. The fraction of sp³-hybridized carbons (Fsp3) is 0.938. The summed E-state index contributed by atoms with van der Waals surface area (Å²) in [7, 11) is 1.41. The van der Waals surface area contributed by atoms with Crippen molar-refractivity contribution >= 4 is 5.97 Å². The molecule has 1 aliphatic rings. The van der Waals surface area contributed by atoms with Crippen molar-refractivity contribution in [3.8, 4) is 0 Å². The van der Waals surface area contributed by atoms with Crippen molar-refractivity contribution in [3.63, 3.8) is 0 Å². The first-order valence-electron chi connectivity index (χ1n) is 8.57. The zero-order valence-electron chi connectivity index (χ0n) is 14.6.